The zero-order valence-electron chi connectivity index (χ0n) is 11.9. The highest BCUT2D eigenvalue weighted by atomic mass is 19.1. The summed E-state index contributed by atoms with van der Waals surface area (Å²) in [7, 11) is 0. The number of hydrogen-bond donors (Lipinski definition) is 1. The van der Waals surface area contributed by atoms with Crippen LogP contribution in [-0.2, 0) is 0 Å². The van der Waals surface area contributed by atoms with Gasteiger partial charge in [0.2, 0.25) is 0 Å². The number of amides is 1. The predicted molar refractivity (Wildman–Crippen MR) is 75.4 cm³/mol. The van der Waals surface area contributed by atoms with Crippen LogP contribution >= 0.6 is 0 Å². The number of hydrogen-bond acceptors (Lipinski definition) is 2. The van der Waals surface area contributed by atoms with Crippen LogP contribution < -0.4 is 5.32 Å². The summed E-state index contributed by atoms with van der Waals surface area (Å²) in [6, 6.07) is 6.12. The van der Waals surface area contributed by atoms with E-state index >= 15 is 0 Å². The first-order valence-electron chi connectivity index (χ1n) is 6.58. The van der Waals surface area contributed by atoms with E-state index in [-0.39, 0.29) is 11.7 Å². The number of nitrogens with one attached hydrogen (secondary N) is 1. The number of benzene rings is 1. The minimum absolute atomic E-state index is 0.154. The highest BCUT2D eigenvalue weighted by Crippen LogP contribution is 2.15. The summed E-state index contributed by atoms with van der Waals surface area (Å²) in [6.07, 6.45) is 1.51. The quantitative estimate of drug-likeness (QED) is 0.932. The molecule has 1 amide bonds. The maximum absolute atomic E-state index is 13.2. The van der Waals surface area contributed by atoms with Crippen LogP contribution in [0.25, 0.3) is 5.69 Å². The lowest BCUT2D eigenvalue weighted by Gasteiger charge is -2.08. The van der Waals surface area contributed by atoms with Crippen molar-refractivity contribution in [1.29, 1.82) is 0 Å². The van der Waals surface area contributed by atoms with Gasteiger partial charge in [0, 0.05) is 6.54 Å². The standard InChI is InChI=1S/C15H18FN3O/c1-10(2)8-17-15(20)14-9-18-19(11(14)3)13-6-4-5-12(16)7-13/h4-7,9-10H,8H2,1-3H3,(H,17,20). The van der Waals surface area contributed by atoms with Crippen LogP contribution in [0.2, 0.25) is 0 Å². The summed E-state index contributed by atoms with van der Waals surface area (Å²) in [4.78, 5) is 12.0. The molecule has 1 N–H and O–H groups in total. The van der Waals surface area contributed by atoms with E-state index in [1.165, 1.54) is 18.3 Å². The van der Waals surface area contributed by atoms with Crippen molar-refractivity contribution in [3.8, 4) is 5.69 Å². The molecule has 0 fully saturated rings. The van der Waals surface area contributed by atoms with Crippen LogP contribution in [0.3, 0.4) is 0 Å². The van der Waals surface area contributed by atoms with Crippen LogP contribution in [0.4, 0.5) is 4.39 Å². The lowest BCUT2D eigenvalue weighted by Crippen LogP contribution is -2.27. The molecular formula is C15H18FN3O. The minimum atomic E-state index is -0.330. The second-order valence-electron chi connectivity index (χ2n) is 5.14. The van der Waals surface area contributed by atoms with Crippen molar-refractivity contribution in [2.24, 2.45) is 5.92 Å². The van der Waals surface area contributed by atoms with Crippen molar-refractivity contribution < 1.29 is 9.18 Å². The first kappa shape index (κ1) is 14.2. The van der Waals surface area contributed by atoms with Gasteiger partial charge in [-0.15, -0.1) is 0 Å². The second-order valence-corrected chi connectivity index (χ2v) is 5.14. The van der Waals surface area contributed by atoms with Gasteiger partial charge in [-0.25, -0.2) is 9.07 Å². The fraction of sp³-hybridized carbons (Fsp3) is 0.333. The number of aromatic nitrogens is 2. The fourth-order valence-corrected chi connectivity index (χ4v) is 1.89. The average Bonchev–Trinajstić information content (AvgIpc) is 2.78. The molecule has 4 nitrogen and oxygen atoms in total. The van der Waals surface area contributed by atoms with Crippen molar-refractivity contribution in [2.45, 2.75) is 20.8 Å². The Hall–Kier alpha value is -2.17. The molecule has 2 aromatic rings. The molecule has 0 aliphatic heterocycles. The van der Waals surface area contributed by atoms with Crippen molar-refractivity contribution >= 4 is 5.91 Å². The molecule has 1 aromatic heterocycles. The number of carbonyl (C=O) groups excluding carboxylic acids is 1. The van der Waals surface area contributed by atoms with Gasteiger partial charge in [-0.2, -0.15) is 5.10 Å². The van der Waals surface area contributed by atoms with Crippen LogP contribution in [0.15, 0.2) is 30.5 Å². The van der Waals surface area contributed by atoms with Gasteiger partial charge in [0.15, 0.2) is 0 Å². The van der Waals surface area contributed by atoms with E-state index in [4.69, 9.17) is 0 Å². The lowest BCUT2D eigenvalue weighted by atomic mass is 10.2. The molecule has 0 radical (unpaired) electrons. The van der Waals surface area contributed by atoms with Gasteiger partial charge in [-0.3, -0.25) is 4.79 Å². The summed E-state index contributed by atoms with van der Waals surface area (Å²) < 4.78 is 14.8. The van der Waals surface area contributed by atoms with E-state index < -0.39 is 0 Å². The van der Waals surface area contributed by atoms with Gasteiger partial charge in [0.25, 0.3) is 5.91 Å². The Bertz CT molecular complexity index is 619. The molecule has 20 heavy (non-hydrogen) atoms. The molecule has 0 bridgehead atoms. The van der Waals surface area contributed by atoms with Gasteiger partial charge in [-0.1, -0.05) is 19.9 Å². The SMILES string of the molecule is Cc1c(C(=O)NCC(C)C)cnn1-c1cccc(F)c1. The van der Waals surface area contributed by atoms with E-state index in [1.54, 1.807) is 23.7 Å². The lowest BCUT2D eigenvalue weighted by molar-refractivity contribution is 0.0948. The smallest absolute Gasteiger partial charge is 0.254 e. The zero-order valence-corrected chi connectivity index (χ0v) is 11.9. The second kappa shape index (κ2) is 5.86. The molecule has 106 valence electrons. The van der Waals surface area contributed by atoms with Gasteiger partial charge in [-0.05, 0) is 31.0 Å². The van der Waals surface area contributed by atoms with Crippen molar-refractivity contribution in [2.75, 3.05) is 6.54 Å². The zero-order chi connectivity index (χ0) is 14.7. The molecular weight excluding hydrogens is 257 g/mol. The molecule has 0 spiro atoms. The Morgan fingerprint density at radius 2 is 2.20 bits per heavy atom. The molecule has 1 aromatic carbocycles. The maximum Gasteiger partial charge on any atom is 0.254 e. The van der Waals surface area contributed by atoms with Crippen LogP contribution in [0.1, 0.15) is 29.9 Å². The number of carbonyl (C=O) groups is 1. The van der Waals surface area contributed by atoms with Crippen molar-refractivity contribution in [3.05, 3.63) is 47.5 Å². The van der Waals surface area contributed by atoms with Gasteiger partial charge in [0.1, 0.15) is 5.82 Å². The topological polar surface area (TPSA) is 46.9 Å². The summed E-state index contributed by atoms with van der Waals surface area (Å²) in [5.74, 6) is -0.0976. The molecule has 0 unspecified atom stereocenters. The summed E-state index contributed by atoms with van der Waals surface area (Å²) in [6.45, 7) is 6.47. The summed E-state index contributed by atoms with van der Waals surface area (Å²) in [5.41, 5.74) is 1.80. The Labute approximate surface area is 117 Å². The largest absolute Gasteiger partial charge is 0.352 e. The molecule has 0 aliphatic rings. The third kappa shape index (κ3) is 3.04. The fourth-order valence-electron chi connectivity index (χ4n) is 1.89. The predicted octanol–water partition coefficient (Wildman–Crippen LogP) is 2.71. The Balaban J connectivity index is 2.25. The van der Waals surface area contributed by atoms with Crippen molar-refractivity contribution in [3.63, 3.8) is 0 Å². The third-order valence-electron chi connectivity index (χ3n) is 2.98. The van der Waals surface area contributed by atoms with E-state index in [2.05, 4.69) is 10.4 Å². The molecule has 0 atom stereocenters. The third-order valence-corrected chi connectivity index (χ3v) is 2.98. The molecule has 0 aliphatic carbocycles. The van der Waals surface area contributed by atoms with Crippen LogP contribution in [-0.4, -0.2) is 22.2 Å². The van der Waals surface area contributed by atoms with Gasteiger partial charge >= 0.3 is 0 Å². The molecule has 0 saturated carbocycles. The Kier molecular flexibility index (Phi) is 4.17. The normalized spacial score (nSPS) is 10.8. The average molecular weight is 275 g/mol. The van der Waals surface area contributed by atoms with Crippen molar-refractivity contribution in [1.82, 2.24) is 15.1 Å². The molecule has 5 heteroatoms. The first-order valence-corrected chi connectivity index (χ1v) is 6.58. The monoisotopic (exact) mass is 275 g/mol. The molecule has 1 heterocycles. The highest BCUT2D eigenvalue weighted by molar-refractivity contribution is 5.95. The van der Waals surface area contributed by atoms with Crippen LogP contribution in [0.5, 0.6) is 0 Å². The summed E-state index contributed by atoms with van der Waals surface area (Å²) >= 11 is 0. The Morgan fingerprint density at radius 3 is 2.85 bits per heavy atom. The van der Waals surface area contributed by atoms with E-state index in [9.17, 15) is 9.18 Å². The van der Waals surface area contributed by atoms with Gasteiger partial charge in [0.05, 0.1) is 23.1 Å². The van der Waals surface area contributed by atoms with E-state index in [1.807, 2.05) is 13.8 Å². The molecule has 0 saturated heterocycles. The van der Waals surface area contributed by atoms with E-state index in [0.717, 1.165) is 0 Å². The first-order chi connectivity index (χ1) is 9.49. The minimum Gasteiger partial charge on any atom is -0.352 e. The Morgan fingerprint density at radius 1 is 1.45 bits per heavy atom. The highest BCUT2D eigenvalue weighted by Gasteiger charge is 2.15. The van der Waals surface area contributed by atoms with Gasteiger partial charge < -0.3 is 5.32 Å². The number of halogens is 1. The molecule has 2 rings (SSSR count). The van der Waals surface area contributed by atoms with Crippen LogP contribution in [0, 0.1) is 18.7 Å². The number of nitrogens with zero attached hydrogens (tertiary/aromatic N) is 2. The summed E-state index contributed by atoms with van der Waals surface area (Å²) in [5, 5.41) is 7.01. The number of rotatable bonds is 4. The van der Waals surface area contributed by atoms with E-state index in [0.29, 0.717) is 29.4 Å². The maximum atomic E-state index is 13.2.